The van der Waals surface area contributed by atoms with Crippen LogP contribution in [0.4, 0.5) is 4.39 Å². The van der Waals surface area contributed by atoms with Crippen molar-refractivity contribution in [3.05, 3.63) is 41.5 Å². The number of carboxylic acid groups (broad SMARTS) is 1. The monoisotopic (exact) mass is 234 g/mol. The third-order valence-corrected chi connectivity index (χ3v) is 2.74. The van der Waals surface area contributed by atoms with E-state index in [9.17, 15) is 9.18 Å². The molecule has 0 atom stereocenters. The average molecular weight is 234 g/mol. The van der Waals surface area contributed by atoms with E-state index in [1.54, 1.807) is 17.9 Å². The molecular weight excluding hydrogens is 223 g/mol. The zero-order valence-electron chi connectivity index (χ0n) is 9.44. The van der Waals surface area contributed by atoms with Crippen LogP contribution in [0.5, 0.6) is 0 Å². The Balaban J connectivity index is 2.67. The Labute approximate surface area is 97.3 Å². The molecule has 0 spiro atoms. The van der Waals surface area contributed by atoms with Crippen LogP contribution in [0.25, 0.3) is 11.1 Å². The lowest BCUT2D eigenvalue weighted by atomic mass is 10.0. The topological polar surface area (TPSA) is 55.1 Å². The van der Waals surface area contributed by atoms with Crippen molar-refractivity contribution in [1.29, 1.82) is 0 Å². The van der Waals surface area contributed by atoms with Crippen molar-refractivity contribution >= 4 is 5.97 Å². The summed E-state index contributed by atoms with van der Waals surface area (Å²) in [5.74, 6) is -1.71. The lowest BCUT2D eigenvalue weighted by Crippen LogP contribution is -2.01. The first-order valence-corrected chi connectivity index (χ1v) is 5.02. The van der Waals surface area contributed by atoms with Crippen LogP contribution in [-0.2, 0) is 7.05 Å². The second-order valence-electron chi connectivity index (χ2n) is 3.76. The molecule has 0 aliphatic carbocycles. The van der Waals surface area contributed by atoms with Gasteiger partial charge in [0, 0.05) is 18.3 Å². The maximum Gasteiger partial charge on any atom is 0.336 e. The van der Waals surface area contributed by atoms with Gasteiger partial charge in [-0.25, -0.2) is 9.18 Å². The molecule has 1 aromatic heterocycles. The molecule has 0 amide bonds. The van der Waals surface area contributed by atoms with E-state index in [1.807, 2.05) is 6.92 Å². The summed E-state index contributed by atoms with van der Waals surface area (Å²) in [6, 6.07) is 3.72. The molecule has 0 radical (unpaired) electrons. The molecule has 4 nitrogen and oxygen atoms in total. The molecule has 0 bridgehead atoms. The zero-order valence-corrected chi connectivity index (χ0v) is 9.44. The van der Waals surface area contributed by atoms with Gasteiger partial charge in [0.05, 0.1) is 11.8 Å². The largest absolute Gasteiger partial charge is 0.478 e. The highest BCUT2D eigenvalue weighted by molar-refractivity contribution is 5.96. The Morgan fingerprint density at radius 2 is 2.12 bits per heavy atom. The fourth-order valence-electron chi connectivity index (χ4n) is 1.69. The molecule has 2 rings (SSSR count). The molecule has 0 saturated carbocycles. The molecule has 17 heavy (non-hydrogen) atoms. The number of hydrogen-bond donors (Lipinski definition) is 1. The van der Waals surface area contributed by atoms with Gasteiger partial charge in [-0.1, -0.05) is 6.07 Å². The normalized spacial score (nSPS) is 10.5. The minimum atomic E-state index is -1.15. The van der Waals surface area contributed by atoms with Crippen LogP contribution >= 0.6 is 0 Å². The Bertz CT molecular complexity index is 590. The second-order valence-corrected chi connectivity index (χ2v) is 3.76. The summed E-state index contributed by atoms with van der Waals surface area (Å²) >= 11 is 0. The number of benzene rings is 1. The van der Waals surface area contributed by atoms with E-state index in [1.165, 1.54) is 12.1 Å². The SMILES string of the molecule is Cc1c(-c2ccc(F)cc2C(=O)O)cnn1C. The first-order chi connectivity index (χ1) is 8.00. The van der Waals surface area contributed by atoms with Gasteiger partial charge in [-0.15, -0.1) is 0 Å². The predicted octanol–water partition coefficient (Wildman–Crippen LogP) is 2.23. The van der Waals surface area contributed by atoms with Gasteiger partial charge in [0.2, 0.25) is 0 Å². The molecule has 88 valence electrons. The van der Waals surface area contributed by atoms with Gasteiger partial charge in [0.1, 0.15) is 5.82 Å². The summed E-state index contributed by atoms with van der Waals surface area (Å²) < 4.78 is 14.7. The van der Waals surface area contributed by atoms with Gasteiger partial charge in [-0.2, -0.15) is 5.10 Å². The Morgan fingerprint density at radius 1 is 1.41 bits per heavy atom. The number of aryl methyl sites for hydroxylation is 1. The van der Waals surface area contributed by atoms with E-state index in [0.29, 0.717) is 11.1 Å². The first-order valence-electron chi connectivity index (χ1n) is 5.02. The number of hydrogen-bond acceptors (Lipinski definition) is 2. The van der Waals surface area contributed by atoms with Crippen LogP contribution in [0.3, 0.4) is 0 Å². The van der Waals surface area contributed by atoms with E-state index in [-0.39, 0.29) is 5.56 Å². The van der Waals surface area contributed by atoms with Crippen LogP contribution in [0.2, 0.25) is 0 Å². The van der Waals surface area contributed by atoms with Crippen LogP contribution in [0, 0.1) is 12.7 Å². The van der Waals surface area contributed by atoms with Crippen LogP contribution < -0.4 is 0 Å². The van der Waals surface area contributed by atoms with Crippen molar-refractivity contribution in [3.8, 4) is 11.1 Å². The van der Waals surface area contributed by atoms with E-state index in [4.69, 9.17) is 5.11 Å². The van der Waals surface area contributed by atoms with E-state index >= 15 is 0 Å². The predicted molar refractivity (Wildman–Crippen MR) is 60.3 cm³/mol. The van der Waals surface area contributed by atoms with Crippen LogP contribution in [0.1, 0.15) is 16.1 Å². The molecule has 5 heteroatoms. The molecule has 0 aliphatic rings. The second kappa shape index (κ2) is 4.01. The van der Waals surface area contributed by atoms with Gasteiger partial charge >= 0.3 is 5.97 Å². The molecule has 1 N–H and O–H groups in total. The van der Waals surface area contributed by atoms with Gasteiger partial charge in [-0.05, 0) is 24.6 Å². The molecule has 0 fully saturated rings. The lowest BCUT2D eigenvalue weighted by Gasteiger charge is -2.05. The molecule has 1 heterocycles. The Morgan fingerprint density at radius 3 is 2.65 bits per heavy atom. The molecule has 0 unspecified atom stereocenters. The van der Waals surface area contributed by atoms with E-state index < -0.39 is 11.8 Å². The first kappa shape index (κ1) is 11.3. The number of carboxylic acids is 1. The molecule has 0 saturated heterocycles. The molecule has 0 aliphatic heterocycles. The standard InChI is InChI=1S/C12H11FN2O2/c1-7-11(6-14-15(7)2)9-4-3-8(13)5-10(9)12(16)17/h3-6H,1-2H3,(H,16,17). The summed E-state index contributed by atoms with van der Waals surface area (Å²) in [6.45, 7) is 1.83. The third kappa shape index (κ3) is 1.91. The van der Waals surface area contributed by atoms with Crippen molar-refractivity contribution in [2.75, 3.05) is 0 Å². The average Bonchev–Trinajstić information content (AvgIpc) is 2.60. The van der Waals surface area contributed by atoms with Crippen molar-refractivity contribution in [2.45, 2.75) is 6.92 Å². The smallest absolute Gasteiger partial charge is 0.336 e. The van der Waals surface area contributed by atoms with Crippen LogP contribution in [0.15, 0.2) is 24.4 Å². The van der Waals surface area contributed by atoms with Crippen molar-refractivity contribution < 1.29 is 14.3 Å². The van der Waals surface area contributed by atoms with Crippen molar-refractivity contribution in [2.24, 2.45) is 7.05 Å². The van der Waals surface area contributed by atoms with Gasteiger partial charge in [0.15, 0.2) is 0 Å². The molecule has 2 aromatic rings. The molecule has 1 aromatic carbocycles. The minimum Gasteiger partial charge on any atom is -0.478 e. The maximum atomic E-state index is 13.0. The van der Waals surface area contributed by atoms with Gasteiger partial charge in [-0.3, -0.25) is 4.68 Å². The minimum absolute atomic E-state index is 0.0545. The quantitative estimate of drug-likeness (QED) is 0.866. The number of aromatic carboxylic acids is 1. The molecular formula is C12H11FN2O2. The summed E-state index contributed by atoms with van der Waals surface area (Å²) in [7, 11) is 1.77. The van der Waals surface area contributed by atoms with Crippen LogP contribution in [-0.4, -0.2) is 20.9 Å². The summed E-state index contributed by atoms with van der Waals surface area (Å²) in [5.41, 5.74) is 1.95. The fraction of sp³-hybridized carbons (Fsp3) is 0.167. The van der Waals surface area contributed by atoms with Crippen molar-refractivity contribution in [3.63, 3.8) is 0 Å². The number of rotatable bonds is 2. The third-order valence-electron chi connectivity index (χ3n) is 2.74. The summed E-state index contributed by atoms with van der Waals surface area (Å²) in [4.78, 5) is 11.1. The maximum absolute atomic E-state index is 13.0. The Hall–Kier alpha value is -2.17. The highest BCUT2D eigenvalue weighted by Crippen LogP contribution is 2.27. The van der Waals surface area contributed by atoms with Crippen molar-refractivity contribution in [1.82, 2.24) is 9.78 Å². The summed E-state index contributed by atoms with van der Waals surface area (Å²) in [6.07, 6.45) is 1.58. The number of halogens is 1. The highest BCUT2D eigenvalue weighted by Gasteiger charge is 2.16. The number of aromatic nitrogens is 2. The lowest BCUT2D eigenvalue weighted by molar-refractivity contribution is 0.0697. The van der Waals surface area contributed by atoms with E-state index in [0.717, 1.165) is 11.8 Å². The fourth-order valence-corrected chi connectivity index (χ4v) is 1.69. The zero-order chi connectivity index (χ0) is 12.6. The number of nitrogens with zero attached hydrogens (tertiary/aromatic N) is 2. The van der Waals surface area contributed by atoms with Gasteiger partial charge in [0.25, 0.3) is 0 Å². The number of carbonyl (C=O) groups is 1. The summed E-state index contributed by atoms with van der Waals surface area (Å²) in [5, 5.41) is 13.1. The highest BCUT2D eigenvalue weighted by atomic mass is 19.1. The Kier molecular flexibility index (Phi) is 2.67. The van der Waals surface area contributed by atoms with E-state index in [2.05, 4.69) is 5.10 Å². The van der Waals surface area contributed by atoms with Gasteiger partial charge < -0.3 is 5.11 Å².